The van der Waals surface area contributed by atoms with Gasteiger partial charge in [0.2, 0.25) is 0 Å². The number of halogens is 1. The van der Waals surface area contributed by atoms with E-state index in [-0.39, 0.29) is 11.6 Å². The minimum absolute atomic E-state index is 0.229. The van der Waals surface area contributed by atoms with Crippen molar-refractivity contribution in [3.8, 4) is 5.69 Å². The zero-order valence-electron chi connectivity index (χ0n) is 12.7. The molecule has 0 aliphatic heterocycles. The molecule has 0 radical (unpaired) electrons. The zero-order valence-corrected chi connectivity index (χ0v) is 12.7. The fraction of sp³-hybridized carbons (Fsp3) is 0.111. The highest BCUT2D eigenvalue weighted by atomic mass is 19.1. The lowest BCUT2D eigenvalue weighted by Gasteiger charge is -2.05. The standard InChI is InChI=1S/C18H16FN3O/c1-2-13-7-9-14(10-8-13)20-18(23)16-11-12-22(21-16)17-6-4-3-5-15(17)19/h3-12H,2H2,1H3,(H,20,23). The van der Waals surface area contributed by atoms with E-state index in [1.165, 1.54) is 16.3 Å². The maximum atomic E-state index is 13.7. The molecule has 0 aliphatic carbocycles. The molecule has 116 valence electrons. The second kappa shape index (κ2) is 6.44. The predicted molar refractivity (Wildman–Crippen MR) is 87.3 cm³/mol. The molecule has 0 atom stereocenters. The molecule has 1 heterocycles. The summed E-state index contributed by atoms with van der Waals surface area (Å²) in [6, 6.07) is 15.5. The van der Waals surface area contributed by atoms with Gasteiger partial charge in [-0.15, -0.1) is 0 Å². The maximum absolute atomic E-state index is 13.7. The van der Waals surface area contributed by atoms with E-state index in [0.717, 1.165) is 6.42 Å². The van der Waals surface area contributed by atoms with Crippen molar-refractivity contribution >= 4 is 11.6 Å². The molecule has 0 aliphatic rings. The first-order valence-electron chi connectivity index (χ1n) is 7.38. The lowest BCUT2D eigenvalue weighted by molar-refractivity contribution is 0.102. The third-order valence-electron chi connectivity index (χ3n) is 3.54. The summed E-state index contributed by atoms with van der Waals surface area (Å²) in [6.45, 7) is 2.07. The molecule has 0 unspecified atom stereocenters. The van der Waals surface area contributed by atoms with Crippen molar-refractivity contribution in [1.29, 1.82) is 0 Å². The number of anilines is 1. The van der Waals surface area contributed by atoms with Gasteiger partial charge in [0.15, 0.2) is 5.69 Å². The lowest BCUT2D eigenvalue weighted by Crippen LogP contribution is -2.13. The number of carbonyl (C=O) groups excluding carboxylic acids is 1. The van der Waals surface area contributed by atoms with Crippen molar-refractivity contribution in [2.24, 2.45) is 0 Å². The van der Waals surface area contributed by atoms with Crippen LogP contribution in [-0.2, 0) is 6.42 Å². The van der Waals surface area contributed by atoms with E-state index in [9.17, 15) is 9.18 Å². The van der Waals surface area contributed by atoms with Gasteiger partial charge < -0.3 is 5.32 Å². The first-order valence-corrected chi connectivity index (χ1v) is 7.38. The largest absolute Gasteiger partial charge is 0.321 e. The minimum atomic E-state index is -0.391. The molecule has 23 heavy (non-hydrogen) atoms. The van der Waals surface area contributed by atoms with Gasteiger partial charge in [-0.3, -0.25) is 4.79 Å². The van der Waals surface area contributed by atoms with E-state index < -0.39 is 5.82 Å². The number of aryl methyl sites for hydroxylation is 1. The van der Waals surface area contributed by atoms with E-state index in [1.54, 1.807) is 30.5 Å². The molecule has 5 heteroatoms. The van der Waals surface area contributed by atoms with Gasteiger partial charge in [0.1, 0.15) is 11.5 Å². The van der Waals surface area contributed by atoms with E-state index in [2.05, 4.69) is 17.3 Å². The van der Waals surface area contributed by atoms with Crippen LogP contribution < -0.4 is 5.32 Å². The molecule has 0 spiro atoms. The highest BCUT2D eigenvalue weighted by molar-refractivity contribution is 6.02. The average Bonchev–Trinajstić information content (AvgIpc) is 3.06. The summed E-state index contributed by atoms with van der Waals surface area (Å²) < 4.78 is 15.1. The highest BCUT2D eigenvalue weighted by Gasteiger charge is 2.12. The van der Waals surface area contributed by atoms with Crippen LogP contribution in [-0.4, -0.2) is 15.7 Å². The summed E-state index contributed by atoms with van der Waals surface area (Å²) in [5, 5.41) is 6.92. The number of amides is 1. The zero-order chi connectivity index (χ0) is 16.2. The molecular weight excluding hydrogens is 293 g/mol. The summed E-state index contributed by atoms with van der Waals surface area (Å²) in [4.78, 5) is 12.2. The van der Waals surface area contributed by atoms with Gasteiger partial charge in [0.25, 0.3) is 5.91 Å². The Labute approximate surface area is 133 Å². The molecule has 0 saturated carbocycles. The van der Waals surface area contributed by atoms with Gasteiger partial charge >= 0.3 is 0 Å². The Morgan fingerprint density at radius 3 is 2.57 bits per heavy atom. The number of aromatic nitrogens is 2. The van der Waals surface area contributed by atoms with E-state index in [1.807, 2.05) is 24.3 Å². The Bertz CT molecular complexity index is 824. The van der Waals surface area contributed by atoms with Crippen LogP contribution in [0.15, 0.2) is 60.8 Å². The second-order valence-electron chi connectivity index (χ2n) is 5.10. The van der Waals surface area contributed by atoms with E-state index in [4.69, 9.17) is 0 Å². The molecule has 3 rings (SSSR count). The molecule has 1 N–H and O–H groups in total. The van der Waals surface area contributed by atoms with Crippen LogP contribution in [0.5, 0.6) is 0 Å². The van der Waals surface area contributed by atoms with Crippen LogP contribution in [0.3, 0.4) is 0 Å². The van der Waals surface area contributed by atoms with Gasteiger partial charge in [-0.25, -0.2) is 9.07 Å². The van der Waals surface area contributed by atoms with Crippen LogP contribution in [0.4, 0.5) is 10.1 Å². The Morgan fingerprint density at radius 2 is 1.87 bits per heavy atom. The van der Waals surface area contributed by atoms with Crippen LogP contribution in [0.25, 0.3) is 5.69 Å². The van der Waals surface area contributed by atoms with Crippen molar-refractivity contribution in [1.82, 2.24) is 9.78 Å². The van der Waals surface area contributed by atoms with Gasteiger partial charge in [0.05, 0.1) is 0 Å². The number of hydrogen-bond acceptors (Lipinski definition) is 2. The number of nitrogens with one attached hydrogen (secondary N) is 1. The minimum Gasteiger partial charge on any atom is -0.321 e. The van der Waals surface area contributed by atoms with Gasteiger partial charge in [-0.2, -0.15) is 5.10 Å². The van der Waals surface area contributed by atoms with Crippen molar-refractivity contribution in [2.75, 3.05) is 5.32 Å². The number of rotatable bonds is 4. The summed E-state index contributed by atoms with van der Waals surface area (Å²) >= 11 is 0. The van der Waals surface area contributed by atoms with Crippen LogP contribution >= 0.6 is 0 Å². The molecule has 0 fully saturated rings. The van der Waals surface area contributed by atoms with Crippen LogP contribution in [0.1, 0.15) is 23.0 Å². The Balaban J connectivity index is 1.77. The first-order chi connectivity index (χ1) is 11.2. The Kier molecular flexibility index (Phi) is 4.19. The van der Waals surface area contributed by atoms with Crippen molar-refractivity contribution in [3.63, 3.8) is 0 Å². The monoisotopic (exact) mass is 309 g/mol. The van der Waals surface area contributed by atoms with Gasteiger partial charge in [-0.1, -0.05) is 31.2 Å². The second-order valence-corrected chi connectivity index (χ2v) is 5.10. The number of benzene rings is 2. The fourth-order valence-corrected chi connectivity index (χ4v) is 2.24. The molecule has 3 aromatic rings. The molecule has 1 aromatic heterocycles. The molecule has 0 saturated heterocycles. The summed E-state index contributed by atoms with van der Waals surface area (Å²) in [6.07, 6.45) is 2.51. The smallest absolute Gasteiger partial charge is 0.276 e. The predicted octanol–water partition coefficient (Wildman–Crippen LogP) is 3.83. The lowest BCUT2D eigenvalue weighted by atomic mass is 10.1. The highest BCUT2D eigenvalue weighted by Crippen LogP contribution is 2.14. The summed E-state index contributed by atoms with van der Waals surface area (Å²) in [5.41, 5.74) is 2.44. The van der Waals surface area contributed by atoms with Crippen molar-refractivity contribution < 1.29 is 9.18 Å². The molecule has 0 bridgehead atoms. The topological polar surface area (TPSA) is 46.9 Å². The summed E-state index contributed by atoms with van der Waals surface area (Å²) in [5.74, 6) is -0.720. The number of carbonyl (C=O) groups is 1. The quantitative estimate of drug-likeness (QED) is 0.796. The van der Waals surface area contributed by atoms with Gasteiger partial charge in [0, 0.05) is 11.9 Å². The van der Waals surface area contributed by atoms with Gasteiger partial charge in [-0.05, 0) is 42.3 Å². The third-order valence-corrected chi connectivity index (χ3v) is 3.54. The summed E-state index contributed by atoms with van der Waals surface area (Å²) in [7, 11) is 0. The van der Waals surface area contributed by atoms with E-state index >= 15 is 0 Å². The third kappa shape index (κ3) is 3.29. The SMILES string of the molecule is CCc1ccc(NC(=O)c2ccn(-c3ccccc3F)n2)cc1. The Hall–Kier alpha value is -2.95. The van der Waals surface area contributed by atoms with Crippen molar-refractivity contribution in [3.05, 3.63) is 77.9 Å². The Morgan fingerprint density at radius 1 is 1.13 bits per heavy atom. The van der Waals surface area contributed by atoms with Crippen LogP contribution in [0.2, 0.25) is 0 Å². The average molecular weight is 309 g/mol. The number of nitrogens with zero attached hydrogens (tertiary/aromatic N) is 2. The fourth-order valence-electron chi connectivity index (χ4n) is 2.24. The van der Waals surface area contributed by atoms with Crippen LogP contribution in [0, 0.1) is 5.82 Å². The maximum Gasteiger partial charge on any atom is 0.276 e. The molecule has 4 nitrogen and oxygen atoms in total. The molecular formula is C18H16FN3O. The molecule has 1 amide bonds. The molecule has 2 aromatic carbocycles. The number of hydrogen-bond donors (Lipinski definition) is 1. The number of para-hydroxylation sites is 1. The first kappa shape index (κ1) is 15.0. The van der Waals surface area contributed by atoms with E-state index in [0.29, 0.717) is 11.4 Å². The normalized spacial score (nSPS) is 10.5. The van der Waals surface area contributed by atoms with Crippen molar-refractivity contribution in [2.45, 2.75) is 13.3 Å².